The minimum atomic E-state index is 0.128. The van der Waals surface area contributed by atoms with Crippen molar-refractivity contribution in [2.75, 3.05) is 25.5 Å². The third-order valence-corrected chi connectivity index (χ3v) is 3.72. The van der Waals surface area contributed by atoms with Gasteiger partial charge in [0, 0.05) is 12.2 Å². The van der Waals surface area contributed by atoms with Gasteiger partial charge in [0.2, 0.25) is 5.91 Å². The lowest BCUT2D eigenvalue weighted by molar-refractivity contribution is -0.121. The van der Waals surface area contributed by atoms with Crippen LogP contribution in [0.2, 0.25) is 0 Å². The van der Waals surface area contributed by atoms with Crippen molar-refractivity contribution >= 4 is 11.6 Å². The van der Waals surface area contributed by atoms with E-state index < -0.39 is 0 Å². The number of anilines is 1. The number of nitrogens with zero attached hydrogens (tertiary/aromatic N) is 1. The molecule has 0 aliphatic carbocycles. The number of benzene rings is 1. The number of nitrogens with one attached hydrogen (secondary N) is 1. The highest BCUT2D eigenvalue weighted by Gasteiger charge is 2.24. The largest absolute Gasteiger partial charge is 0.325 e. The number of rotatable bonds is 2. The summed E-state index contributed by atoms with van der Waals surface area (Å²) in [5, 5.41) is 3.10. The van der Waals surface area contributed by atoms with Crippen LogP contribution < -0.4 is 5.32 Å². The Hall–Kier alpha value is -1.35. The molecular formula is C15H22N2O. The summed E-state index contributed by atoms with van der Waals surface area (Å²) in [4.78, 5) is 14.5. The predicted octanol–water partition coefficient (Wildman–Crippen LogP) is 2.58. The van der Waals surface area contributed by atoms with Gasteiger partial charge in [-0.2, -0.15) is 0 Å². The molecule has 0 unspecified atom stereocenters. The zero-order valence-corrected chi connectivity index (χ0v) is 11.5. The molecule has 3 heteroatoms. The maximum absolute atomic E-state index is 12.3. The first kappa shape index (κ1) is 13.1. The van der Waals surface area contributed by atoms with Gasteiger partial charge in [0.15, 0.2) is 0 Å². The van der Waals surface area contributed by atoms with Crippen molar-refractivity contribution in [1.29, 1.82) is 0 Å². The first-order valence-corrected chi connectivity index (χ1v) is 6.63. The average molecular weight is 246 g/mol. The number of para-hydroxylation sites is 1. The molecule has 0 radical (unpaired) electrons. The quantitative estimate of drug-likeness (QED) is 0.870. The smallest absolute Gasteiger partial charge is 0.228 e. The van der Waals surface area contributed by atoms with E-state index in [2.05, 4.69) is 17.3 Å². The number of hydrogen-bond acceptors (Lipinski definition) is 2. The van der Waals surface area contributed by atoms with Crippen LogP contribution in [0.1, 0.15) is 24.0 Å². The van der Waals surface area contributed by atoms with E-state index in [1.54, 1.807) is 0 Å². The highest BCUT2D eigenvalue weighted by molar-refractivity contribution is 5.94. The molecule has 18 heavy (non-hydrogen) atoms. The summed E-state index contributed by atoms with van der Waals surface area (Å²) in [7, 11) is 2.08. The lowest BCUT2D eigenvalue weighted by atomic mass is 9.97. The summed E-state index contributed by atoms with van der Waals surface area (Å²) in [6.45, 7) is 6.05. The third-order valence-electron chi connectivity index (χ3n) is 3.72. The van der Waals surface area contributed by atoms with Gasteiger partial charge in [-0.25, -0.2) is 0 Å². The van der Waals surface area contributed by atoms with Gasteiger partial charge in [-0.05, 0) is 51.4 Å². The van der Waals surface area contributed by atoms with Crippen molar-refractivity contribution < 1.29 is 4.79 Å². The average Bonchev–Trinajstić information content (AvgIpc) is 2.34. The molecule has 1 aromatic carbocycles. The summed E-state index contributed by atoms with van der Waals surface area (Å²) >= 11 is 0. The van der Waals surface area contributed by atoms with Gasteiger partial charge in [-0.1, -0.05) is 18.2 Å². The summed E-state index contributed by atoms with van der Waals surface area (Å²) < 4.78 is 0. The van der Waals surface area contributed by atoms with Gasteiger partial charge < -0.3 is 10.2 Å². The molecule has 1 N–H and O–H groups in total. The summed E-state index contributed by atoms with van der Waals surface area (Å²) in [5.74, 6) is 0.293. The number of amides is 1. The van der Waals surface area contributed by atoms with Crippen molar-refractivity contribution in [2.24, 2.45) is 5.92 Å². The Balaban J connectivity index is 2.07. The molecule has 0 bridgehead atoms. The van der Waals surface area contributed by atoms with E-state index in [0.717, 1.165) is 42.7 Å². The number of hydrogen-bond donors (Lipinski definition) is 1. The lowest BCUT2D eigenvalue weighted by Crippen LogP contribution is -2.38. The topological polar surface area (TPSA) is 32.3 Å². The molecule has 1 amide bonds. The van der Waals surface area contributed by atoms with E-state index in [9.17, 15) is 4.79 Å². The maximum Gasteiger partial charge on any atom is 0.228 e. The zero-order chi connectivity index (χ0) is 13.1. The number of carbonyl (C=O) groups excluding carboxylic acids is 1. The van der Waals surface area contributed by atoms with Crippen LogP contribution in [0.25, 0.3) is 0 Å². The Morgan fingerprint density at radius 3 is 2.61 bits per heavy atom. The van der Waals surface area contributed by atoms with Crippen molar-refractivity contribution in [3.63, 3.8) is 0 Å². The third kappa shape index (κ3) is 2.91. The molecule has 0 aromatic heterocycles. The minimum absolute atomic E-state index is 0.128. The standard InChI is InChI=1S/C15H22N2O/c1-11-6-4-7-12(2)14(11)16-15(18)13-8-5-9-17(3)10-13/h4,6-7,13H,5,8-10H2,1-3H3,(H,16,18)/t13-/m0/s1. The molecule has 1 heterocycles. The molecule has 98 valence electrons. The summed E-state index contributed by atoms with van der Waals surface area (Å²) in [6.07, 6.45) is 2.11. The molecule has 0 spiro atoms. The van der Waals surface area contributed by atoms with Crippen LogP contribution in [0.5, 0.6) is 0 Å². The van der Waals surface area contributed by atoms with Crippen molar-refractivity contribution in [1.82, 2.24) is 4.90 Å². The lowest BCUT2D eigenvalue weighted by Gasteiger charge is -2.29. The molecule has 0 saturated carbocycles. The van der Waals surface area contributed by atoms with Gasteiger partial charge in [0.1, 0.15) is 0 Å². The number of likely N-dealkylation sites (tertiary alicyclic amines) is 1. The molecule has 1 saturated heterocycles. The SMILES string of the molecule is Cc1cccc(C)c1NC(=O)[C@H]1CCCN(C)C1. The van der Waals surface area contributed by atoms with Crippen LogP contribution >= 0.6 is 0 Å². The second-order valence-corrected chi connectivity index (χ2v) is 5.36. The Morgan fingerprint density at radius 2 is 2.00 bits per heavy atom. The molecule has 1 fully saturated rings. The first-order valence-electron chi connectivity index (χ1n) is 6.63. The fourth-order valence-corrected chi connectivity index (χ4v) is 2.62. The van der Waals surface area contributed by atoms with E-state index in [1.165, 1.54) is 0 Å². The van der Waals surface area contributed by atoms with Crippen molar-refractivity contribution in [3.8, 4) is 0 Å². The monoisotopic (exact) mass is 246 g/mol. The number of aryl methyl sites for hydroxylation is 2. The molecular weight excluding hydrogens is 224 g/mol. The first-order chi connectivity index (χ1) is 8.58. The Labute approximate surface area is 109 Å². The van der Waals surface area contributed by atoms with E-state index >= 15 is 0 Å². The van der Waals surface area contributed by atoms with Crippen LogP contribution in [-0.2, 0) is 4.79 Å². The Kier molecular flexibility index (Phi) is 4.02. The Bertz CT molecular complexity index is 422. The molecule has 2 rings (SSSR count). The second-order valence-electron chi connectivity index (χ2n) is 5.36. The van der Waals surface area contributed by atoms with E-state index in [0.29, 0.717) is 0 Å². The van der Waals surface area contributed by atoms with Gasteiger partial charge >= 0.3 is 0 Å². The van der Waals surface area contributed by atoms with Crippen molar-refractivity contribution in [2.45, 2.75) is 26.7 Å². The molecule has 1 aliphatic heterocycles. The summed E-state index contributed by atoms with van der Waals surface area (Å²) in [6, 6.07) is 6.10. The molecule has 1 atom stereocenters. The minimum Gasteiger partial charge on any atom is -0.325 e. The normalized spacial score (nSPS) is 20.7. The molecule has 1 aromatic rings. The van der Waals surface area contributed by atoms with Crippen LogP contribution in [0.3, 0.4) is 0 Å². The van der Waals surface area contributed by atoms with Gasteiger partial charge in [0.05, 0.1) is 5.92 Å². The number of carbonyl (C=O) groups is 1. The van der Waals surface area contributed by atoms with E-state index in [1.807, 2.05) is 32.0 Å². The highest BCUT2D eigenvalue weighted by atomic mass is 16.1. The van der Waals surface area contributed by atoms with Gasteiger partial charge in [-0.3, -0.25) is 4.79 Å². The van der Waals surface area contributed by atoms with Gasteiger partial charge in [-0.15, -0.1) is 0 Å². The summed E-state index contributed by atoms with van der Waals surface area (Å²) in [5.41, 5.74) is 3.25. The Morgan fingerprint density at radius 1 is 1.33 bits per heavy atom. The van der Waals surface area contributed by atoms with Crippen LogP contribution in [0.15, 0.2) is 18.2 Å². The zero-order valence-electron chi connectivity index (χ0n) is 11.5. The second kappa shape index (κ2) is 5.53. The number of piperidine rings is 1. The predicted molar refractivity (Wildman–Crippen MR) is 74.8 cm³/mol. The fraction of sp³-hybridized carbons (Fsp3) is 0.533. The maximum atomic E-state index is 12.3. The van der Waals surface area contributed by atoms with Gasteiger partial charge in [0.25, 0.3) is 0 Å². The van der Waals surface area contributed by atoms with E-state index in [4.69, 9.17) is 0 Å². The van der Waals surface area contributed by atoms with E-state index in [-0.39, 0.29) is 11.8 Å². The van der Waals surface area contributed by atoms with Crippen LogP contribution in [-0.4, -0.2) is 30.9 Å². The van der Waals surface area contributed by atoms with Crippen molar-refractivity contribution in [3.05, 3.63) is 29.3 Å². The van der Waals surface area contributed by atoms with Crippen LogP contribution in [0.4, 0.5) is 5.69 Å². The van der Waals surface area contributed by atoms with Crippen LogP contribution in [0, 0.1) is 19.8 Å². The highest BCUT2D eigenvalue weighted by Crippen LogP contribution is 2.22. The molecule has 3 nitrogen and oxygen atoms in total. The molecule has 1 aliphatic rings. The fourth-order valence-electron chi connectivity index (χ4n) is 2.62.